The molecular weight excluding hydrogens is 260 g/mol. The predicted octanol–water partition coefficient (Wildman–Crippen LogP) is -1.62. The van der Waals surface area contributed by atoms with Gasteiger partial charge in [-0.3, -0.25) is 4.79 Å². The van der Waals surface area contributed by atoms with Gasteiger partial charge in [-0.2, -0.15) is 0 Å². The Morgan fingerprint density at radius 3 is 2.25 bits per heavy atom. The van der Waals surface area contributed by atoms with Crippen molar-refractivity contribution in [2.24, 2.45) is 0 Å². The lowest BCUT2D eigenvalue weighted by molar-refractivity contribution is -0.130. The van der Waals surface area contributed by atoms with Gasteiger partial charge in [0, 0.05) is 20.0 Å². The molecule has 0 heterocycles. The van der Waals surface area contributed by atoms with Crippen LogP contribution in [0.2, 0.25) is 13.6 Å². The van der Waals surface area contributed by atoms with Crippen molar-refractivity contribution in [1.29, 1.82) is 0 Å². The highest BCUT2D eigenvalue weighted by molar-refractivity contribution is 6.45. The third-order valence-electron chi connectivity index (χ3n) is 2.84. The molecule has 0 bridgehead atoms. The highest BCUT2D eigenvalue weighted by Gasteiger charge is 2.14. The molecule has 0 unspecified atom stereocenters. The highest BCUT2D eigenvalue weighted by atomic mass is 16.3. The monoisotopic (exact) mass is 287 g/mol. The Bertz CT molecular complexity index is 270. The fourth-order valence-electron chi connectivity index (χ4n) is 1.76. The van der Waals surface area contributed by atoms with Crippen LogP contribution in [0.5, 0.6) is 0 Å². The molecule has 0 aromatic rings. The Balaban J connectivity index is 3.91. The van der Waals surface area contributed by atoms with Crippen LogP contribution in [-0.2, 0) is 4.79 Å². The van der Waals surface area contributed by atoms with E-state index in [0.717, 1.165) is 0 Å². The normalized spacial score (nSPS) is 12.1. The molecule has 0 aromatic heterocycles. The molecule has 5 N–H and O–H groups in total. The minimum Gasteiger partial charge on any atom is -0.437 e. The van der Waals surface area contributed by atoms with Crippen LogP contribution in [-0.4, -0.2) is 72.3 Å². The second-order valence-electron chi connectivity index (χ2n) is 5.02. The summed E-state index contributed by atoms with van der Waals surface area (Å²) in [5.41, 5.74) is 0. The molecule has 0 spiro atoms. The van der Waals surface area contributed by atoms with E-state index in [-0.39, 0.29) is 12.5 Å². The molecule has 0 radical (unpaired) electrons. The Morgan fingerprint density at radius 2 is 1.75 bits per heavy atom. The summed E-state index contributed by atoms with van der Waals surface area (Å²) in [6, 6.07) is 0. The van der Waals surface area contributed by atoms with E-state index in [2.05, 4.69) is 10.5 Å². The van der Waals surface area contributed by atoms with E-state index in [4.69, 9.17) is 10.0 Å². The molecule has 0 aliphatic carbocycles. The SMILES string of the molecule is CB(O)NCCCN(C[C@@H](O)CCNB(C)O)C(C)=O. The Kier molecular flexibility index (Phi) is 10.8. The number of nitrogens with zero attached hydrogens (tertiary/aromatic N) is 1. The number of rotatable bonds is 11. The smallest absolute Gasteiger partial charge is 0.373 e. The summed E-state index contributed by atoms with van der Waals surface area (Å²) >= 11 is 0. The topological polar surface area (TPSA) is 105 Å². The van der Waals surface area contributed by atoms with E-state index < -0.39 is 20.2 Å². The van der Waals surface area contributed by atoms with E-state index in [1.54, 1.807) is 18.5 Å². The van der Waals surface area contributed by atoms with Crippen molar-refractivity contribution in [3.63, 3.8) is 0 Å². The molecule has 0 saturated carbocycles. The van der Waals surface area contributed by atoms with Crippen molar-refractivity contribution in [3.8, 4) is 0 Å². The van der Waals surface area contributed by atoms with Crippen molar-refractivity contribution in [2.45, 2.75) is 39.5 Å². The van der Waals surface area contributed by atoms with Gasteiger partial charge in [0.1, 0.15) is 0 Å². The Labute approximate surface area is 122 Å². The third kappa shape index (κ3) is 11.2. The van der Waals surface area contributed by atoms with E-state index in [0.29, 0.717) is 32.5 Å². The molecule has 0 saturated heterocycles. The molecule has 1 atom stereocenters. The highest BCUT2D eigenvalue weighted by Crippen LogP contribution is 1.99. The Hall–Kier alpha value is -0.600. The summed E-state index contributed by atoms with van der Waals surface area (Å²) in [5.74, 6) is -0.0791. The number of carbonyl (C=O) groups is 1. The molecule has 0 fully saturated rings. The lowest BCUT2D eigenvalue weighted by Gasteiger charge is -2.24. The number of nitrogens with one attached hydrogen (secondary N) is 2. The summed E-state index contributed by atoms with van der Waals surface area (Å²) in [6.45, 7) is 6.66. The summed E-state index contributed by atoms with van der Waals surface area (Å²) in [6.07, 6.45) is 0.568. The molecule has 116 valence electrons. The van der Waals surface area contributed by atoms with Crippen molar-refractivity contribution in [1.82, 2.24) is 15.4 Å². The van der Waals surface area contributed by atoms with Gasteiger partial charge in [0.2, 0.25) is 5.91 Å². The summed E-state index contributed by atoms with van der Waals surface area (Å²) in [7, 11) is -1.16. The molecule has 0 aromatic carbocycles. The maximum atomic E-state index is 11.5. The first-order valence-electron chi connectivity index (χ1n) is 7.09. The van der Waals surface area contributed by atoms with Crippen LogP contribution in [0.1, 0.15) is 19.8 Å². The largest absolute Gasteiger partial charge is 0.437 e. The van der Waals surface area contributed by atoms with Crippen molar-refractivity contribution < 1.29 is 19.9 Å². The van der Waals surface area contributed by atoms with Crippen LogP contribution in [0, 0.1) is 0 Å². The first-order valence-corrected chi connectivity index (χ1v) is 7.09. The number of amides is 1. The molecule has 7 nitrogen and oxygen atoms in total. The zero-order chi connectivity index (χ0) is 15.5. The van der Waals surface area contributed by atoms with Crippen LogP contribution in [0.3, 0.4) is 0 Å². The number of aliphatic hydroxyl groups excluding tert-OH is 1. The van der Waals surface area contributed by atoms with E-state index >= 15 is 0 Å². The summed E-state index contributed by atoms with van der Waals surface area (Å²) in [5, 5.41) is 33.6. The lowest BCUT2D eigenvalue weighted by atomic mass is 9.89. The van der Waals surface area contributed by atoms with Gasteiger partial charge < -0.3 is 30.5 Å². The average Bonchev–Trinajstić information content (AvgIpc) is 2.31. The van der Waals surface area contributed by atoms with Crippen molar-refractivity contribution in [2.75, 3.05) is 26.2 Å². The van der Waals surface area contributed by atoms with Gasteiger partial charge in [0.15, 0.2) is 0 Å². The fourth-order valence-corrected chi connectivity index (χ4v) is 1.76. The van der Waals surface area contributed by atoms with Gasteiger partial charge in [0.05, 0.1) is 6.10 Å². The third-order valence-corrected chi connectivity index (χ3v) is 2.84. The molecule has 0 rings (SSSR count). The molecule has 0 aliphatic rings. The van der Waals surface area contributed by atoms with Gasteiger partial charge >= 0.3 is 14.1 Å². The Morgan fingerprint density at radius 1 is 1.20 bits per heavy atom. The summed E-state index contributed by atoms with van der Waals surface area (Å²) < 4.78 is 0. The fraction of sp³-hybridized carbons (Fsp3) is 0.909. The van der Waals surface area contributed by atoms with Gasteiger partial charge in [-0.25, -0.2) is 0 Å². The first-order chi connectivity index (χ1) is 9.32. The molecule has 9 heteroatoms. The number of aliphatic hydroxyl groups is 1. The molecule has 1 amide bonds. The van der Waals surface area contributed by atoms with Crippen molar-refractivity contribution >= 4 is 20.0 Å². The zero-order valence-electron chi connectivity index (χ0n) is 12.7. The second kappa shape index (κ2) is 11.1. The molecule has 0 aliphatic heterocycles. The van der Waals surface area contributed by atoms with Crippen LogP contribution < -0.4 is 10.5 Å². The van der Waals surface area contributed by atoms with E-state index in [9.17, 15) is 9.90 Å². The zero-order valence-corrected chi connectivity index (χ0v) is 12.7. The van der Waals surface area contributed by atoms with E-state index in [1.807, 2.05) is 0 Å². The number of hydrogen-bond acceptors (Lipinski definition) is 6. The molecule has 20 heavy (non-hydrogen) atoms. The van der Waals surface area contributed by atoms with Crippen LogP contribution in [0.4, 0.5) is 0 Å². The van der Waals surface area contributed by atoms with Crippen LogP contribution >= 0.6 is 0 Å². The number of carbonyl (C=O) groups excluding carboxylic acids is 1. The van der Waals surface area contributed by atoms with Gasteiger partial charge in [0.25, 0.3) is 0 Å². The van der Waals surface area contributed by atoms with E-state index in [1.165, 1.54) is 6.92 Å². The standard InChI is InChI=1S/C11H27B2N3O4/c1-10(17)16(8-4-6-14-12(2)19)9-11(18)5-7-15-13(3)20/h11,14-15,18-20H,4-9H2,1-3H3/t11-/m0/s1. The number of hydrogen-bond donors (Lipinski definition) is 5. The van der Waals surface area contributed by atoms with Gasteiger partial charge in [-0.1, -0.05) is 0 Å². The molecular formula is C11H27B2N3O4. The van der Waals surface area contributed by atoms with Crippen molar-refractivity contribution in [3.05, 3.63) is 0 Å². The van der Waals surface area contributed by atoms with Crippen LogP contribution in [0.25, 0.3) is 0 Å². The average molecular weight is 287 g/mol. The van der Waals surface area contributed by atoms with Crippen LogP contribution in [0.15, 0.2) is 0 Å². The maximum absolute atomic E-state index is 11.5. The summed E-state index contributed by atoms with van der Waals surface area (Å²) in [4.78, 5) is 13.1. The maximum Gasteiger partial charge on any atom is 0.373 e. The first kappa shape index (κ1) is 19.4. The van der Waals surface area contributed by atoms with Gasteiger partial charge in [-0.15, -0.1) is 0 Å². The van der Waals surface area contributed by atoms with Gasteiger partial charge in [-0.05, 0) is 39.6 Å². The second-order valence-corrected chi connectivity index (χ2v) is 5.02. The predicted molar refractivity (Wildman–Crippen MR) is 81.2 cm³/mol. The quantitative estimate of drug-likeness (QED) is 0.231. The minimum atomic E-state index is -0.616. The minimum absolute atomic E-state index is 0.0791. The lowest BCUT2D eigenvalue weighted by Crippen LogP contribution is -2.40.